The lowest BCUT2D eigenvalue weighted by Gasteiger charge is -2.04. The van der Waals surface area contributed by atoms with E-state index < -0.39 is 0 Å². The third-order valence-corrected chi connectivity index (χ3v) is 2.33. The van der Waals surface area contributed by atoms with Gasteiger partial charge in [-0.15, -0.1) is 10.2 Å². The fourth-order valence-electron chi connectivity index (χ4n) is 1.71. The average Bonchev–Trinajstić information content (AvgIpc) is 2.49. The van der Waals surface area contributed by atoms with Crippen molar-refractivity contribution in [2.75, 3.05) is 0 Å². The predicted molar refractivity (Wildman–Crippen MR) is 51.9 cm³/mol. The molecule has 0 aliphatic heterocycles. The molecule has 0 unspecified atom stereocenters. The number of aromatic nitrogens is 3. The summed E-state index contributed by atoms with van der Waals surface area (Å²) in [6, 6.07) is 4.13. The Morgan fingerprint density at radius 3 is 2.64 bits per heavy atom. The molecule has 0 aromatic carbocycles. The molecule has 0 saturated heterocycles. The molecule has 2 aromatic heterocycles. The molecule has 14 heavy (non-hydrogen) atoms. The number of rotatable bonds is 0. The third kappa shape index (κ3) is 0.990. The number of nitrogens with zero attached hydrogens (tertiary/aromatic N) is 4. The molecule has 0 radical (unpaired) electrons. The number of aryl methyl sites for hydroxylation is 3. The van der Waals surface area contributed by atoms with Gasteiger partial charge in [0.2, 0.25) is 0 Å². The molecule has 0 N–H and O–H groups in total. The second kappa shape index (κ2) is 2.81. The van der Waals surface area contributed by atoms with E-state index in [2.05, 4.69) is 16.3 Å². The van der Waals surface area contributed by atoms with Crippen LogP contribution in [0.1, 0.15) is 22.6 Å². The number of hydrogen-bond donors (Lipinski definition) is 0. The highest BCUT2D eigenvalue weighted by atomic mass is 15.2. The molecule has 2 heterocycles. The molecule has 4 nitrogen and oxygen atoms in total. The molecule has 0 aliphatic carbocycles. The summed E-state index contributed by atoms with van der Waals surface area (Å²) in [5, 5.41) is 17.0. The van der Waals surface area contributed by atoms with E-state index in [0.717, 1.165) is 17.1 Å². The Morgan fingerprint density at radius 1 is 1.29 bits per heavy atom. The third-order valence-electron chi connectivity index (χ3n) is 2.33. The molecule has 0 amide bonds. The summed E-state index contributed by atoms with van der Waals surface area (Å²) in [6.07, 6.45) is 0. The maximum atomic E-state index is 8.99. The monoisotopic (exact) mass is 186 g/mol. The highest BCUT2D eigenvalue weighted by Crippen LogP contribution is 2.16. The number of fused-ring (bicyclic) bond motifs is 1. The van der Waals surface area contributed by atoms with Crippen LogP contribution < -0.4 is 0 Å². The van der Waals surface area contributed by atoms with Crippen LogP contribution in [0.25, 0.3) is 5.65 Å². The van der Waals surface area contributed by atoms with Crippen LogP contribution >= 0.6 is 0 Å². The molecule has 0 aliphatic rings. The normalized spacial score (nSPS) is 10.4. The van der Waals surface area contributed by atoms with E-state index in [1.54, 1.807) is 0 Å². The van der Waals surface area contributed by atoms with E-state index >= 15 is 0 Å². The van der Waals surface area contributed by atoms with Crippen molar-refractivity contribution in [2.45, 2.75) is 20.8 Å². The minimum absolute atomic E-state index is 0.608. The van der Waals surface area contributed by atoms with Gasteiger partial charge >= 0.3 is 0 Å². The van der Waals surface area contributed by atoms with Crippen LogP contribution in [0.3, 0.4) is 0 Å². The topological polar surface area (TPSA) is 54.0 Å². The first kappa shape index (κ1) is 8.70. The van der Waals surface area contributed by atoms with Gasteiger partial charge in [0.1, 0.15) is 17.5 Å². The molecule has 0 saturated carbocycles. The highest BCUT2D eigenvalue weighted by molar-refractivity contribution is 5.59. The first-order valence-corrected chi connectivity index (χ1v) is 4.37. The van der Waals surface area contributed by atoms with Gasteiger partial charge in [-0.05, 0) is 32.4 Å². The first-order valence-electron chi connectivity index (χ1n) is 4.37. The smallest absolute Gasteiger partial charge is 0.179 e. The van der Waals surface area contributed by atoms with Crippen LogP contribution in [0.15, 0.2) is 6.07 Å². The molecule has 0 bridgehead atoms. The van der Waals surface area contributed by atoms with Crippen molar-refractivity contribution in [3.63, 3.8) is 0 Å². The SMILES string of the molecule is Cc1cc(C)n2c(C)nnc2c1C#N. The van der Waals surface area contributed by atoms with Crippen LogP contribution in [0.5, 0.6) is 0 Å². The number of hydrogen-bond acceptors (Lipinski definition) is 3. The van der Waals surface area contributed by atoms with E-state index in [1.807, 2.05) is 31.2 Å². The lowest BCUT2D eigenvalue weighted by atomic mass is 10.1. The summed E-state index contributed by atoms with van der Waals surface area (Å²) >= 11 is 0. The van der Waals surface area contributed by atoms with Gasteiger partial charge in [0.05, 0.1) is 0 Å². The van der Waals surface area contributed by atoms with Crippen molar-refractivity contribution in [1.29, 1.82) is 5.26 Å². The Balaban J connectivity index is 3.02. The zero-order valence-corrected chi connectivity index (χ0v) is 8.37. The lowest BCUT2D eigenvalue weighted by molar-refractivity contribution is 0.974. The molecule has 0 fully saturated rings. The quantitative estimate of drug-likeness (QED) is 0.626. The summed E-state index contributed by atoms with van der Waals surface area (Å²) in [4.78, 5) is 0. The van der Waals surface area contributed by atoms with E-state index in [9.17, 15) is 0 Å². The predicted octanol–water partition coefficient (Wildman–Crippen LogP) is 1.53. The Labute approximate surface area is 81.8 Å². The summed E-state index contributed by atoms with van der Waals surface area (Å²) in [6.45, 7) is 5.77. The fourth-order valence-corrected chi connectivity index (χ4v) is 1.71. The lowest BCUT2D eigenvalue weighted by Crippen LogP contribution is -1.98. The largest absolute Gasteiger partial charge is 0.283 e. The molecule has 4 heteroatoms. The summed E-state index contributed by atoms with van der Waals surface area (Å²) in [5.74, 6) is 0.814. The van der Waals surface area contributed by atoms with Gasteiger partial charge in [0.25, 0.3) is 0 Å². The standard InChI is InChI=1S/C10H10N4/c1-6-4-7(2)14-8(3)12-13-10(14)9(6)5-11/h4H,1-3H3. The zero-order chi connectivity index (χ0) is 10.3. The summed E-state index contributed by atoms with van der Waals surface area (Å²) in [7, 11) is 0. The number of nitriles is 1. The Morgan fingerprint density at radius 2 is 2.00 bits per heavy atom. The van der Waals surface area contributed by atoms with E-state index in [4.69, 9.17) is 5.26 Å². The van der Waals surface area contributed by atoms with Gasteiger partial charge in [-0.25, -0.2) is 0 Å². The van der Waals surface area contributed by atoms with Gasteiger partial charge in [-0.2, -0.15) is 5.26 Å². The Hall–Kier alpha value is -1.89. The molecule has 2 aromatic rings. The first-order chi connectivity index (χ1) is 6.65. The molecule has 0 spiro atoms. The summed E-state index contributed by atoms with van der Waals surface area (Å²) in [5.41, 5.74) is 3.27. The minimum Gasteiger partial charge on any atom is -0.283 e. The van der Waals surface area contributed by atoms with Gasteiger partial charge in [-0.1, -0.05) is 0 Å². The van der Waals surface area contributed by atoms with E-state index in [0.29, 0.717) is 11.2 Å². The highest BCUT2D eigenvalue weighted by Gasteiger charge is 2.11. The van der Waals surface area contributed by atoms with Crippen molar-refractivity contribution in [3.8, 4) is 6.07 Å². The molecular formula is C10H10N4. The van der Waals surface area contributed by atoms with Gasteiger partial charge in [0.15, 0.2) is 5.65 Å². The second-order valence-corrected chi connectivity index (χ2v) is 3.36. The van der Waals surface area contributed by atoms with Crippen LogP contribution in [-0.4, -0.2) is 14.6 Å². The van der Waals surface area contributed by atoms with Crippen LogP contribution in [0.4, 0.5) is 0 Å². The fraction of sp³-hybridized carbons (Fsp3) is 0.300. The molecule has 2 rings (SSSR count). The van der Waals surface area contributed by atoms with Crippen LogP contribution in [-0.2, 0) is 0 Å². The Bertz CT molecular complexity index is 545. The Kier molecular flexibility index (Phi) is 1.74. The maximum Gasteiger partial charge on any atom is 0.179 e. The summed E-state index contributed by atoms with van der Waals surface area (Å²) < 4.78 is 1.89. The minimum atomic E-state index is 0.608. The van der Waals surface area contributed by atoms with Gasteiger partial charge < -0.3 is 0 Å². The maximum absolute atomic E-state index is 8.99. The van der Waals surface area contributed by atoms with Crippen LogP contribution in [0.2, 0.25) is 0 Å². The van der Waals surface area contributed by atoms with Crippen molar-refractivity contribution >= 4 is 5.65 Å². The number of pyridine rings is 1. The average molecular weight is 186 g/mol. The molecule has 70 valence electrons. The molecule has 0 atom stereocenters. The second-order valence-electron chi connectivity index (χ2n) is 3.36. The van der Waals surface area contributed by atoms with E-state index in [1.165, 1.54) is 0 Å². The van der Waals surface area contributed by atoms with Crippen molar-refractivity contribution in [2.24, 2.45) is 0 Å². The zero-order valence-electron chi connectivity index (χ0n) is 8.37. The van der Waals surface area contributed by atoms with Crippen molar-refractivity contribution in [3.05, 3.63) is 28.7 Å². The van der Waals surface area contributed by atoms with E-state index in [-0.39, 0.29) is 0 Å². The van der Waals surface area contributed by atoms with Gasteiger partial charge in [0, 0.05) is 5.69 Å². The van der Waals surface area contributed by atoms with Crippen LogP contribution in [0, 0.1) is 32.1 Å². The molecular weight excluding hydrogens is 176 g/mol. The van der Waals surface area contributed by atoms with Gasteiger partial charge in [-0.3, -0.25) is 4.40 Å². The van der Waals surface area contributed by atoms with Crippen molar-refractivity contribution in [1.82, 2.24) is 14.6 Å². The van der Waals surface area contributed by atoms with Crippen molar-refractivity contribution < 1.29 is 0 Å².